The predicted octanol–water partition coefficient (Wildman–Crippen LogP) is 2.78. The number of aryl methyl sites for hydroxylation is 1. The lowest BCUT2D eigenvalue weighted by Crippen LogP contribution is -2.13. The molecule has 2 aromatic rings. The van der Waals surface area contributed by atoms with Gasteiger partial charge in [0.2, 0.25) is 0 Å². The molecule has 0 amide bonds. The second-order valence-corrected chi connectivity index (χ2v) is 7.06. The number of rotatable bonds is 3. The van der Waals surface area contributed by atoms with E-state index < -0.39 is 10.0 Å². The van der Waals surface area contributed by atoms with Crippen LogP contribution in [0.3, 0.4) is 0 Å². The van der Waals surface area contributed by atoms with Crippen molar-refractivity contribution in [3.05, 3.63) is 40.0 Å². The highest BCUT2D eigenvalue weighted by molar-refractivity contribution is 7.94. The molecule has 2 rings (SSSR count). The van der Waals surface area contributed by atoms with Crippen LogP contribution < -0.4 is 4.72 Å². The van der Waals surface area contributed by atoms with Crippen molar-refractivity contribution in [2.75, 3.05) is 4.72 Å². The fourth-order valence-corrected chi connectivity index (χ4v) is 4.28. The van der Waals surface area contributed by atoms with Gasteiger partial charge in [-0.05, 0) is 19.1 Å². The van der Waals surface area contributed by atoms with E-state index in [4.69, 9.17) is 16.9 Å². The largest absolute Gasteiger partial charge is 0.278 e. The number of benzene rings is 1. The van der Waals surface area contributed by atoms with Crippen molar-refractivity contribution < 1.29 is 8.42 Å². The Morgan fingerprint density at radius 3 is 2.68 bits per heavy atom. The van der Waals surface area contributed by atoms with Crippen LogP contribution in [-0.4, -0.2) is 13.4 Å². The third-order valence-electron chi connectivity index (χ3n) is 2.26. The summed E-state index contributed by atoms with van der Waals surface area (Å²) in [5, 5.41) is 8.93. The van der Waals surface area contributed by atoms with Crippen molar-refractivity contribution in [3.63, 3.8) is 0 Å². The summed E-state index contributed by atoms with van der Waals surface area (Å²) in [7, 11) is -3.79. The summed E-state index contributed by atoms with van der Waals surface area (Å²) in [6, 6.07) is 8.28. The van der Waals surface area contributed by atoms with E-state index in [0.717, 1.165) is 11.3 Å². The molecule has 98 valence electrons. The molecular weight excluding hydrogens is 306 g/mol. The SMILES string of the molecule is Cc1nc(Cl)sc1S(=O)(=O)Nc1ccccc1C#N. The Labute approximate surface area is 119 Å². The quantitative estimate of drug-likeness (QED) is 0.944. The first-order valence-corrected chi connectivity index (χ1v) is 7.76. The van der Waals surface area contributed by atoms with E-state index in [1.54, 1.807) is 19.1 Å². The lowest BCUT2D eigenvalue weighted by atomic mass is 10.2. The summed E-state index contributed by atoms with van der Waals surface area (Å²) in [5.74, 6) is 0. The van der Waals surface area contributed by atoms with Crippen LogP contribution >= 0.6 is 22.9 Å². The summed E-state index contributed by atoms with van der Waals surface area (Å²) >= 11 is 6.57. The first-order valence-electron chi connectivity index (χ1n) is 5.09. The molecule has 8 heteroatoms. The molecule has 0 aliphatic carbocycles. The molecule has 0 atom stereocenters. The molecule has 0 saturated heterocycles. The molecule has 1 N–H and O–H groups in total. The highest BCUT2D eigenvalue weighted by atomic mass is 35.5. The van der Waals surface area contributed by atoms with E-state index >= 15 is 0 Å². The number of hydrogen-bond donors (Lipinski definition) is 1. The zero-order valence-electron chi connectivity index (χ0n) is 9.71. The number of halogens is 1. The number of thiazole rings is 1. The van der Waals surface area contributed by atoms with E-state index in [9.17, 15) is 8.42 Å². The Kier molecular flexibility index (Phi) is 3.75. The molecule has 19 heavy (non-hydrogen) atoms. The molecule has 1 heterocycles. The van der Waals surface area contributed by atoms with Gasteiger partial charge < -0.3 is 0 Å². The van der Waals surface area contributed by atoms with E-state index in [1.807, 2.05) is 6.07 Å². The molecule has 1 aromatic heterocycles. The van der Waals surface area contributed by atoms with Gasteiger partial charge in [0.1, 0.15) is 6.07 Å². The van der Waals surface area contributed by atoms with Crippen molar-refractivity contribution >= 4 is 38.6 Å². The Balaban J connectivity index is 2.43. The highest BCUT2D eigenvalue weighted by Gasteiger charge is 2.22. The maximum atomic E-state index is 12.2. The Morgan fingerprint density at radius 1 is 1.42 bits per heavy atom. The maximum absolute atomic E-state index is 12.2. The van der Waals surface area contributed by atoms with Gasteiger partial charge >= 0.3 is 0 Å². The number of anilines is 1. The summed E-state index contributed by atoms with van der Waals surface area (Å²) < 4.78 is 27.0. The van der Waals surface area contributed by atoms with Crippen molar-refractivity contribution in [1.82, 2.24) is 4.98 Å². The molecule has 0 unspecified atom stereocenters. The van der Waals surface area contributed by atoms with Crippen molar-refractivity contribution in [1.29, 1.82) is 5.26 Å². The zero-order valence-corrected chi connectivity index (χ0v) is 12.1. The van der Waals surface area contributed by atoms with Gasteiger partial charge in [-0.1, -0.05) is 35.1 Å². The van der Waals surface area contributed by atoms with Crippen LogP contribution in [0.25, 0.3) is 0 Å². The molecule has 0 spiro atoms. The molecule has 1 aromatic carbocycles. The topological polar surface area (TPSA) is 82.8 Å². The van der Waals surface area contributed by atoms with Gasteiger partial charge in [0.15, 0.2) is 8.68 Å². The number of aromatic nitrogens is 1. The Hall–Kier alpha value is -1.62. The van der Waals surface area contributed by atoms with Crippen LogP contribution in [0.1, 0.15) is 11.3 Å². The first kappa shape index (κ1) is 13.8. The second-order valence-electron chi connectivity index (χ2n) is 3.60. The third-order valence-corrected chi connectivity index (χ3v) is 5.50. The Bertz CT molecular complexity index is 762. The minimum absolute atomic E-state index is 0.0465. The summed E-state index contributed by atoms with van der Waals surface area (Å²) in [6.07, 6.45) is 0. The fraction of sp³-hybridized carbons (Fsp3) is 0.0909. The van der Waals surface area contributed by atoms with Gasteiger partial charge in [0.05, 0.1) is 16.9 Å². The molecule has 5 nitrogen and oxygen atoms in total. The van der Waals surface area contributed by atoms with Crippen molar-refractivity contribution in [2.45, 2.75) is 11.1 Å². The molecule has 0 radical (unpaired) electrons. The number of sulfonamides is 1. The third kappa shape index (κ3) is 2.87. The molecular formula is C11H8ClN3O2S2. The van der Waals surface area contributed by atoms with Gasteiger partial charge in [0.25, 0.3) is 10.0 Å². The lowest BCUT2D eigenvalue weighted by molar-refractivity contribution is 0.602. The van der Waals surface area contributed by atoms with E-state index in [1.165, 1.54) is 12.1 Å². The van der Waals surface area contributed by atoms with Gasteiger partial charge in [0, 0.05) is 0 Å². The number of hydrogen-bond acceptors (Lipinski definition) is 5. The monoisotopic (exact) mass is 313 g/mol. The minimum Gasteiger partial charge on any atom is -0.278 e. The van der Waals surface area contributed by atoms with Crippen LogP contribution in [0.15, 0.2) is 28.5 Å². The highest BCUT2D eigenvalue weighted by Crippen LogP contribution is 2.29. The van der Waals surface area contributed by atoms with Crippen molar-refractivity contribution in [3.8, 4) is 6.07 Å². The molecule has 0 bridgehead atoms. The second kappa shape index (κ2) is 5.17. The summed E-state index contributed by atoms with van der Waals surface area (Å²) in [6.45, 7) is 1.56. The maximum Gasteiger partial charge on any atom is 0.273 e. The van der Waals surface area contributed by atoms with Crippen LogP contribution in [0, 0.1) is 18.3 Å². The number of nitriles is 1. The summed E-state index contributed by atoms with van der Waals surface area (Å²) in [5.41, 5.74) is 0.810. The van der Waals surface area contributed by atoms with Gasteiger partial charge in [-0.2, -0.15) is 5.26 Å². The van der Waals surface area contributed by atoms with E-state index in [-0.39, 0.29) is 19.9 Å². The zero-order chi connectivity index (χ0) is 14.0. The van der Waals surface area contributed by atoms with Gasteiger partial charge in [-0.15, -0.1) is 0 Å². The predicted molar refractivity (Wildman–Crippen MR) is 73.8 cm³/mol. The standard InChI is InChI=1S/C11H8ClN3O2S2/c1-7-10(18-11(12)14-7)19(16,17)15-9-5-3-2-4-8(9)6-13/h2-5,15H,1H3. The van der Waals surface area contributed by atoms with Crippen LogP contribution in [0.2, 0.25) is 4.47 Å². The van der Waals surface area contributed by atoms with Crippen molar-refractivity contribution in [2.24, 2.45) is 0 Å². The van der Waals surface area contributed by atoms with Crippen LogP contribution in [0.5, 0.6) is 0 Å². The fourth-order valence-electron chi connectivity index (χ4n) is 1.46. The van der Waals surface area contributed by atoms with Gasteiger partial charge in [-0.3, -0.25) is 4.72 Å². The van der Waals surface area contributed by atoms with Crippen LogP contribution in [0.4, 0.5) is 5.69 Å². The molecule has 0 aliphatic rings. The number of nitrogens with one attached hydrogen (secondary N) is 1. The van der Waals surface area contributed by atoms with E-state index in [0.29, 0.717) is 5.69 Å². The molecule has 0 aliphatic heterocycles. The first-order chi connectivity index (χ1) is 8.94. The lowest BCUT2D eigenvalue weighted by Gasteiger charge is -2.07. The number of para-hydroxylation sites is 1. The molecule has 0 fully saturated rings. The Morgan fingerprint density at radius 2 is 2.11 bits per heavy atom. The smallest absolute Gasteiger partial charge is 0.273 e. The van der Waals surface area contributed by atoms with E-state index in [2.05, 4.69) is 9.71 Å². The number of nitrogens with zero attached hydrogens (tertiary/aromatic N) is 2. The van der Waals surface area contributed by atoms with Crippen LogP contribution in [-0.2, 0) is 10.0 Å². The molecule has 0 saturated carbocycles. The summed E-state index contributed by atoms with van der Waals surface area (Å²) in [4.78, 5) is 3.86. The minimum atomic E-state index is -3.79. The average Bonchev–Trinajstić information content (AvgIpc) is 2.69. The normalized spacial score (nSPS) is 11.0. The average molecular weight is 314 g/mol. The van der Waals surface area contributed by atoms with Gasteiger partial charge in [-0.25, -0.2) is 13.4 Å².